The molecule has 2 aromatic carbocycles. The van der Waals surface area contributed by atoms with E-state index in [1.54, 1.807) is 41.1 Å². The van der Waals surface area contributed by atoms with Gasteiger partial charge in [0, 0.05) is 29.7 Å². The number of piperidine rings is 1. The molecule has 1 unspecified atom stereocenters. The van der Waals surface area contributed by atoms with E-state index >= 15 is 0 Å². The number of benzene rings is 2. The quantitative estimate of drug-likeness (QED) is 0.631. The van der Waals surface area contributed by atoms with Crippen LogP contribution in [0.5, 0.6) is 0 Å². The maximum Gasteiger partial charge on any atom is 0.242 e. The molecule has 5 nitrogen and oxygen atoms in total. The molecule has 0 saturated carbocycles. The van der Waals surface area contributed by atoms with E-state index in [1.807, 2.05) is 29.2 Å². The summed E-state index contributed by atoms with van der Waals surface area (Å²) in [6.45, 7) is 3.05. The highest BCUT2D eigenvalue weighted by Crippen LogP contribution is 2.30. The molecular weight excluding hydrogens is 384 g/mol. The lowest BCUT2D eigenvalue weighted by molar-refractivity contribution is -0.135. The summed E-state index contributed by atoms with van der Waals surface area (Å²) < 4.78 is 28.3. The van der Waals surface area contributed by atoms with E-state index in [1.165, 1.54) is 0 Å². The Hall–Kier alpha value is -2.60. The zero-order chi connectivity index (χ0) is 20.4. The van der Waals surface area contributed by atoms with E-state index in [-0.39, 0.29) is 28.3 Å². The monoisotopic (exact) mass is 410 g/mol. The minimum atomic E-state index is -3.67. The number of nitrogens with zero attached hydrogens (tertiary/aromatic N) is 2. The van der Waals surface area contributed by atoms with E-state index < -0.39 is 9.84 Å². The Labute approximate surface area is 171 Å². The van der Waals surface area contributed by atoms with Crippen molar-refractivity contribution in [3.63, 3.8) is 0 Å². The number of amides is 1. The summed E-state index contributed by atoms with van der Waals surface area (Å²) in [7, 11) is -3.67. The van der Waals surface area contributed by atoms with Crippen LogP contribution in [0.2, 0.25) is 0 Å². The molecule has 29 heavy (non-hydrogen) atoms. The Morgan fingerprint density at radius 3 is 2.52 bits per heavy atom. The normalized spacial score (nSPS) is 17.6. The molecule has 0 spiro atoms. The van der Waals surface area contributed by atoms with Gasteiger partial charge in [-0.15, -0.1) is 0 Å². The van der Waals surface area contributed by atoms with Gasteiger partial charge in [0.25, 0.3) is 0 Å². The van der Waals surface area contributed by atoms with Crippen molar-refractivity contribution in [2.45, 2.75) is 55.0 Å². The van der Waals surface area contributed by atoms with Gasteiger partial charge in [-0.25, -0.2) is 8.42 Å². The molecule has 6 heteroatoms. The van der Waals surface area contributed by atoms with Crippen LogP contribution in [-0.2, 0) is 21.2 Å². The maximum atomic E-state index is 13.2. The average Bonchev–Trinajstić information content (AvgIpc) is 3.13. The Balaban J connectivity index is 1.73. The van der Waals surface area contributed by atoms with Crippen molar-refractivity contribution in [3.8, 4) is 0 Å². The molecule has 1 atom stereocenters. The van der Waals surface area contributed by atoms with Crippen molar-refractivity contribution in [3.05, 3.63) is 60.8 Å². The number of aromatic nitrogens is 1. The molecule has 1 amide bonds. The first-order chi connectivity index (χ1) is 14.0. The number of carbonyl (C=O) groups excluding carboxylic acids is 1. The van der Waals surface area contributed by atoms with Crippen LogP contribution in [0.15, 0.2) is 70.6 Å². The summed E-state index contributed by atoms with van der Waals surface area (Å²) in [6.07, 6.45) is 5.81. The number of sulfone groups is 1. The standard InChI is InChI=1S/C23H26N2O3S/c1-2-18-10-8-9-15-25(18)23(26)17-24-16-22(20-13-6-7-14-21(20)24)29(27,28)19-11-4-3-5-12-19/h3-7,11-14,16,18H,2,8-10,15,17H2,1H3. The third-order valence-electron chi connectivity index (χ3n) is 5.82. The number of carbonyl (C=O) groups is 1. The number of fused-ring (bicyclic) bond motifs is 1. The molecule has 1 aliphatic heterocycles. The summed E-state index contributed by atoms with van der Waals surface area (Å²) in [4.78, 5) is 15.5. The first kappa shape index (κ1) is 19.7. The summed E-state index contributed by atoms with van der Waals surface area (Å²) in [6, 6.07) is 16.1. The third-order valence-corrected chi connectivity index (χ3v) is 7.62. The summed E-state index contributed by atoms with van der Waals surface area (Å²) in [5.74, 6) is 0.0564. The van der Waals surface area contributed by atoms with Gasteiger partial charge in [0.15, 0.2) is 0 Å². The molecule has 0 bridgehead atoms. The summed E-state index contributed by atoms with van der Waals surface area (Å²) in [5, 5.41) is 0.648. The smallest absolute Gasteiger partial charge is 0.242 e. The molecule has 2 heterocycles. The van der Waals surface area contributed by atoms with E-state index in [0.717, 1.165) is 37.7 Å². The fraction of sp³-hybridized carbons (Fsp3) is 0.348. The topological polar surface area (TPSA) is 59.4 Å². The molecular formula is C23H26N2O3S. The van der Waals surface area contributed by atoms with E-state index in [4.69, 9.17) is 0 Å². The van der Waals surface area contributed by atoms with Gasteiger partial charge in [-0.2, -0.15) is 0 Å². The average molecular weight is 411 g/mol. The first-order valence-corrected chi connectivity index (χ1v) is 11.7. The van der Waals surface area contributed by atoms with Gasteiger partial charge in [0.1, 0.15) is 6.54 Å². The molecule has 1 fully saturated rings. The largest absolute Gasteiger partial charge is 0.338 e. The third kappa shape index (κ3) is 3.69. The first-order valence-electron chi connectivity index (χ1n) is 10.2. The zero-order valence-corrected chi connectivity index (χ0v) is 17.4. The van der Waals surface area contributed by atoms with Crippen molar-refractivity contribution in [1.29, 1.82) is 0 Å². The molecule has 0 radical (unpaired) electrons. The highest BCUT2D eigenvalue weighted by molar-refractivity contribution is 7.91. The minimum Gasteiger partial charge on any atom is -0.338 e. The van der Waals surface area contributed by atoms with Crippen molar-refractivity contribution in [1.82, 2.24) is 9.47 Å². The van der Waals surface area contributed by atoms with Crippen LogP contribution in [0.25, 0.3) is 10.9 Å². The Bertz CT molecular complexity index is 1120. The van der Waals surface area contributed by atoms with Gasteiger partial charge in [0.05, 0.1) is 9.79 Å². The second-order valence-corrected chi connectivity index (χ2v) is 9.52. The van der Waals surface area contributed by atoms with Crippen molar-refractivity contribution >= 4 is 26.6 Å². The second-order valence-electron chi connectivity index (χ2n) is 7.60. The number of hydrogen-bond donors (Lipinski definition) is 0. The lowest BCUT2D eigenvalue weighted by atomic mass is 10.00. The number of hydrogen-bond acceptors (Lipinski definition) is 3. The fourth-order valence-corrected chi connectivity index (χ4v) is 5.77. The number of likely N-dealkylation sites (tertiary alicyclic amines) is 1. The predicted octanol–water partition coefficient (Wildman–Crippen LogP) is 4.27. The van der Waals surface area contributed by atoms with Crippen molar-refractivity contribution in [2.75, 3.05) is 6.54 Å². The van der Waals surface area contributed by atoms with E-state index in [9.17, 15) is 13.2 Å². The minimum absolute atomic E-state index is 0.0564. The van der Waals surface area contributed by atoms with Gasteiger partial charge >= 0.3 is 0 Å². The summed E-state index contributed by atoms with van der Waals surface area (Å²) >= 11 is 0. The fourth-order valence-electron chi connectivity index (χ4n) is 4.27. The van der Waals surface area contributed by atoms with Gasteiger partial charge in [-0.05, 0) is 43.9 Å². The lowest BCUT2D eigenvalue weighted by Crippen LogP contribution is -2.44. The SMILES string of the molecule is CCC1CCCCN1C(=O)Cn1cc(S(=O)(=O)c2ccccc2)c2ccccc21. The van der Waals surface area contributed by atoms with E-state index in [0.29, 0.717) is 5.39 Å². The molecule has 0 N–H and O–H groups in total. The van der Waals surface area contributed by atoms with Gasteiger partial charge in [-0.3, -0.25) is 4.79 Å². The molecule has 4 rings (SSSR count). The highest BCUT2D eigenvalue weighted by atomic mass is 32.2. The Morgan fingerprint density at radius 1 is 1.03 bits per heavy atom. The lowest BCUT2D eigenvalue weighted by Gasteiger charge is -2.35. The van der Waals surface area contributed by atoms with Gasteiger partial charge in [-0.1, -0.05) is 43.3 Å². The Morgan fingerprint density at radius 2 is 1.76 bits per heavy atom. The van der Waals surface area contributed by atoms with Gasteiger partial charge < -0.3 is 9.47 Å². The number of rotatable bonds is 5. The van der Waals surface area contributed by atoms with Crippen molar-refractivity contribution in [2.24, 2.45) is 0 Å². The van der Waals surface area contributed by atoms with E-state index in [2.05, 4.69) is 6.92 Å². The van der Waals surface area contributed by atoms with Crippen LogP contribution in [-0.4, -0.2) is 36.4 Å². The molecule has 152 valence electrons. The van der Waals surface area contributed by atoms with Crippen LogP contribution < -0.4 is 0 Å². The van der Waals surface area contributed by atoms with Gasteiger partial charge in [0.2, 0.25) is 15.7 Å². The van der Waals surface area contributed by atoms with Crippen molar-refractivity contribution < 1.29 is 13.2 Å². The number of para-hydroxylation sites is 1. The van der Waals surface area contributed by atoms with Crippen LogP contribution in [0, 0.1) is 0 Å². The highest BCUT2D eigenvalue weighted by Gasteiger charge is 2.27. The molecule has 1 aromatic heterocycles. The van der Waals surface area contributed by atoms with Crippen LogP contribution in [0.3, 0.4) is 0 Å². The molecule has 1 saturated heterocycles. The van der Waals surface area contributed by atoms with Crippen LogP contribution in [0.4, 0.5) is 0 Å². The summed E-state index contributed by atoms with van der Waals surface area (Å²) in [5.41, 5.74) is 0.764. The zero-order valence-electron chi connectivity index (χ0n) is 16.6. The second kappa shape index (κ2) is 8.03. The Kier molecular flexibility index (Phi) is 5.46. The van der Waals surface area contributed by atoms with Crippen LogP contribution in [0.1, 0.15) is 32.6 Å². The predicted molar refractivity (Wildman–Crippen MR) is 113 cm³/mol. The molecule has 3 aromatic rings. The molecule has 0 aliphatic carbocycles. The maximum absolute atomic E-state index is 13.2. The molecule has 1 aliphatic rings. The van der Waals surface area contributed by atoms with Crippen LogP contribution >= 0.6 is 0 Å².